The number of benzene rings is 4. The van der Waals surface area contributed by atoms with E-state index in [2.05, 4.69) is 23.1 Å². The van der Waals surface area contributed by atoms with Gasteiger partial charge in [0.05, 0.1) is 11.5 Å². The molecule has 2 aliphatic rings. The minimum Gasteiger partial charge on any atom is -0.490 e. The van der Waals surface area contributed by atoms with Crippen LogP contribution in [0.2, 0.25) is 0 Å². The second kappa shape index (κ2) is 13.3. The molecule has 0 atom stereocenters. The molecule has 0 unspecified atom stereocenters. The third kappa shape index (κ3) is 6.43. The first-order chi connectivity index (χ1) is 21.5. The van der Waals surface area contributed by atoms with Gasteiger partial charge in [0.15, 0.2) is 11.5 Å². The monoisotopic (exact) mass is 607 g/mol. The molecular formula is C35H33N3O5S. The molecule has 8 nitrogen and oxygen atoms in total. The number of piperazine rings is 1. The minimum atomic E-state index is -0.467. The second-order valence-corrected chi connectivity index (χ2v) is 11.5. The Balaban J connectivity index is 1.10. The summed E-state index contributed by atoms with van der Waals surface area (Å²) >= 11 is 0.842. The van der Waals surface area contributed by atoms with Gasteiger partial charge in [-0.15, -0.1) is 0 Å². The lowest BCUT2D eigenvalue weighted by molar-refractivity contribution is -0.136. The Morgan fingerprint density at radius 1 is 0.841 bits per heavy atom. The van der Waals surface area contributed by atoms with Gasteiger partial charge in [-0.25, -0.2) is 0 Å². The number of anilines is 1. The summed E-state index contributed by atoms with van der Waals surface area (Å²) in [5.74, 6) is 0.437. The molecule has 0 radical (unpaired) electrons. The number of hydrogen-bond acceptors (Lipinski definition) is 7. The van der Waals surface area contributed by atoms with Crippen molar-refractivity contribution < 1.29 is 23.9 Å². The first-order valence-electron chi connectivity index (χ1n) is 14.7. The Kier molecular flexibility index (Phi) is 8.84. The molecule has 0 aromatic heterocycles. The summed E-state index contributed by atoms with van der Waals surface area (Å²) in [6, 6.07) is 29.8. The molecule has 0 bridgehead atoms. The molecule has 2 heterocycles. The van der Waals surface area contributed by atoms with Crippen LogP contribution >= 0.6 is 11.8 Å². The minimum absolute atomic E-state index is 0.229. The van der Waals surface area contributed by atoms with Crippen LogP contribution in [-0.2, 0) is 16.2 Å². The largest absolute Gasteiger partial charge is 0.490 e. The first kappa shape index (κ1) is 29.3. The maximum absolute atomic E-state index is 13.2. The molecule has 3 amide bonds. The van der Waals surface area contributed by atoms with Crippen molar-refractivity contribution in [3.8, 4) is 11.5 Å². The highest BCUT2D eigenvalue weighted by Crippen LogP contribution is 2.35. The Hall–Kier alpha value is -4.76. The fourth-order valence-electron chi connectivity index (χ4n) is 5.45. The van der Waals surface area contributed by atoms with Crippen molar-refractivity contribution in [2.45, 2.75) is 13.5 Å². The highest BCUT2D eigenvalue weighted by molar-refractivity contribution is 8.18. The van der Waals surface area contributed by atoms with Crippen molar-refractivity contribution in [2.24, 2.45) is 0 Å². The SMILES string of the molecule is CCOc1cc(/C=C2/SC(=O)N(CC(=O)N3CCN(c4ccccc4)CC3)C2=O)ccc1OCc1cccc2ccccc12. The molecule has 0 N–H and O–H groups in total. The van der Waals surface area contributed by atoms with E-state index in [0.717, 1.165) is 38.7 Å². The molecule has 0 saturated carbocycles. The van der Waals surface area contributed by atoms with Crippen LogP contribution in [0, 0.1) is 0 Å². The highest BCUT2D eigenvalue weighted by Gasteiger charge is 2.37. The summed E-state index contributed by atoms with van der Waals surface area (Å²) in [5, 5.41) is 1.83. The summed E-state index contributed by atoms with van der Waals surface area (Å²) in [5.41, 5.74) is 2.88. The fourth-order valence-corrected chi connectivity index (χ4v) is 6.29. The molecule has 2 aliphatic heterocycles. The van der Waals surface area contributed by atoms with Crippen molar-refractivity contribution in [3.05, 3.63) is 107 Å². The maximum Gasteiger partial charge on any atom is 0.294 e. The second-order valence-electron chi connectivity index (χ2n) is 10.5. The number of carbonyl (C=O) groups is 3. The number of hydrogen-bond donors (Lipinski definition) is 0. The van der Waals surface area contributed by atoms with Gasteiger partial charge in [-0.2, -0.15) is 0 Å². The van der Waals surface area contributed by atoms with Gasteiger partial charge in [-0.05, 0) is 70.9 Å². The normalized spacial score (nSPS) is 16.2. The number of imide groups is 1. The third-order valence-electron chi connectivity index (χ3n) is 7.75. The molecule has 6 rings (SSSR count). The van der Waals surface area contributed by atoms with Crippen LogP contribution in [0.3, 0.4) is 0 Å². The van der Waals surface area contributed by atoms with Crippen molar-refractivity contribution in [2.75, 3.05) is 44.2 Å². The summed E-state index contributed by atoms with van der Waals surface area (Å²) in [7, 11) is 0. The van der Waals surface area contributed by atoms with E-state index in [9.17, 15) is 14.4 Å². The summed E-state index contributed by atoms with van der Waals surface area (Å²) in [4.78, 5) is 44.3. The Morgan fingerprint density at radius 2 is 1.59 bits per heavy atom. The van der Waals surface area contributed by atoms with Gasteiger partial charge in [0.25, 0.3) is 11.1 Å². The van der Waals surface area contributed by atoms with Crippen LogP contribution in [0.1, 0.15) is 18.1 Å². The number of ether oxygens (including phenoxy) is 2. The predicted molar refractivity (Wildman–Crippen MR) is 174 cm³/mol. The zero-order chi connectivity index (χ0) is 30.5. The molecule has 224 valence electrons. The average molecular weight is 608 g/mol. The number of thioether (sulfide) groups is 1. The Morgan fingerprint density at radius 3 is 2.39 bits per heavy atom. The van der Waals surface area contributed by atoms with E-state index in [4.69, 9.17) is 9.47 Å². The summed E-state index contributed by atoms with van der Waals surface area (Å²) < 4.78 is 12.0. The van der Waals surface area contributed by atoms with E-state index in [1.165, 1.54) is 0 Å². The number of amides is 3. The van der Waals surface area contributed by atoms with Crippen molar-refractivity contribution in [1.82, 2.24) is 9.80 Å². The number of rotatable bonds is 9. The van der Waals surface area contributed by atoms with Crippen LogP contribution in [0.15, 0.2) is 95.9 Å². The fraction of sp³-hybridized carbons (Fsp3) is 0.229. The zero-order valence-electron chi connectivity index (χ0n) is 24.5. The number of fused-ring (bicyclic) bond motifs is 1. The molecule has 44 heavy (non-hydrogen) atoms. The molecule has 2 saturated heterocycles. The van der Waals surface area contributed by atoms with Gasteiger partial charge in [0.1, 0.15) is 13.2 Å². The standard InChI is InChI=1S/C35H33N3O5S/c1-2-42-31-21-25(15-16-30(31)43-24-27-11-8-10-26-9-6-7-14-29(26)27)22-32-34(40)38(35(41)44-32)23-33(39)37-19-17-36(18-20-37)28-12-4-3-5-13-28/h3-16,21-22H,2,17-20,23-24H2,1H3/b32-22+. The lowest BCUT2D eigenvalue weighted by Crippen LogP contribution is -2.51. The maximum atomic E-state index is 13.2. The smallest absolute Gasteiger partial charge is 0.294 e. The lowest BCUT2D eigenvalue weighted by Gasteiger charge is -2.36. The predicted octanol–water partition coefficient (Wildman–Crippen LogP) is 6.20. The molecule has 0 aliphatic carbocycles. The summed E-state index contributed by atoms with van der Waals surface area (Å²) in [6.45, 7) is 4.90. The highest BCUT2D eigenvalue weighted by atomic mass is 32.2. The molecule has 4 aromatic carbocycles. The van der Waals surface area contributed by atoms with E-state index in [1.54, 1.807) is 17.0 Å². The van der Waals surface area contributed by atoms with E-state index in [0.29, 0.717) is 56.5 Å². The van der Waals surface area contributed by atoms with Gasteiger partial charge < -0.3 is 19.3 Å². The van der Waals surface area contributed by atoms with Gasteiger partial charge in [0.2, 0.25) is 5.91 Å². The van der Waals surface area contributed by atoms with Crippen LogP contribution < -0.4 is 14.4 Å². The molecule has 0 spiro atoms. The average Bonchev–Trinajstić information content (AvgIpc) is 3.32. The van der Waals surface area contributed by atoms with Gasteiger partial charge in [-0.1, -0.05) is 66.7 Å². The van der Waals surface area contributed by atoms with Gasteiger partial charge >= 0.3 is 0 Å². The number of nitrogens with zero attached hydrogens (tertiary/aromatic N) is 3. The zero-order valence-corrected chi connectivity index (χ0v) is 25.3. The van der Waals surface area contributed by atoms with E-state index < -0.39 is 11.1 Å². The number of para-hydroxylation sites is 1. The van der Waals surface area contributed by atoms with E-state index in [1.807, 2.05) is 73.7 Å². The Bertz CT molecular complexity index is 1710. The first-order valence-corrected chi connectivity index (χ1v) is 15.5. The van der Waals surface area contributed by atoms with E-state index in [-0.39, 0.29) is 17.4 Å². The van der Waals surface area contributed by atoms with Gasteiger partial charge in [-0.3, -0.25) is 19.3 Å². The molecule has 9 heteroatoms. The van der Waals surface area contributed by atoms with Crippen LogP contribution in [0.25, 0.3) is 16.8 Å². The van der Waals surface area contributed by atoms with Crippen LogP contribution in [0.4, 0.5) is 10.5 Å². The van der Waals surface area contributed by atoms with Gasteiger partial charge in [0, 0.05) is 31.9 Å². The van der Waals surface area contributed by atoms with Crippen molar-refractivity contribution in [1.29, 1.82) is 0 Å². The third-order valence-corrected chi connectivity index (χ3v) is 8.66. The molecular weight excluding hydrogens is 574 g/mol. The molecule has 4 aromatic rings. The topological polar surface area (TPSA) is 79.4 Å². The molecule has 2 fully saturated rings. The van der Waals surface area contributed by atoms with Crippen molar-refractivity contribution >= 4 is 51.4 Å². The van der Waals surface area contributed by atoms with Crippen LogP contribution in [-0.4, -0.2) is 66.2 Å². The van der Waals surface area contributed by atoms with Crippen molar-refractivity contribution in [3.63, 3.8) is 0 Å². The van der Waals surface area contributed by atoms with E-state index >= 15 is 0 Å². The number of carbonyl (C=O) groups excluding carboxylic acids is 3. The quantitative estimate of drug-likeness (QED) is 0.210. The lowest BCUT2D eigenvalue weighted by atomic mass is 10.1. The Labute approximate surface area is 260 Å². The van der Waals surface area contributed by atoms with Crippen LogP contribution in [0.5, 0.6) is 11.5 Å². The summed E-state index contributed by atoms with van der Waals surface area (Å²) in [6.07, 6.45) is 1.66.